The van der Waals surface area contributed by atoms with Crippen molar-refractivity contribution in [1.29, 1.82) is 0 Å². The second kappa shape index (κ2) is 6.43. The fourth-order valence-electron chi connectivity index (χ4n) is 3.23. The van der Waals surface area contributed by atoms with Crippen LogP contribution in [0.25, 0.3) is 0 Å². The van der Waals surface area contributed by atoms with E-state index in [1.807, 2.05) is 0 Å². The van der Waals surface area contributed by atoms with E-state index in [0.29, 0.717) is 24.1 Å². The normalized spacial score (nSPS) is 23.8. The van der Waals surface area contributed by atoms with Crippen molar-refractivity contribution in [2.45, 2.75) is 44.2 Å². The molecule has 0 aromatic carbocycles. The van der Waals surface area contributed by atoms with Crippen molar-refractivity contribution in [3.05, 3.63) is 18.0 Å². The Balaban J connectivity index is 1.69. The minimum Gasteiger partial charge on any atom is -0.351 e. The number of hydrogen-bond acceptors (Lipinski definition) is 6. The highest BCUT2D eigenvalue weighted by Gasteiger charge is 2.33. The lowest BCUT2D eigenvalue weighted by Crippen LogP contribution is -2.38. The van der Waals surface area contributed by atoms with E-state index in [4.69, 9.17) is 0 Å². The first kappa shape index (κ1) is 16.2. The van der Waals surface area contributed by atoms with Gasteiger partial charge >= 0.3 is 0 Å². The molecule has 23 heavy (non-hydrogen) atoms. The Bertz CT molecular complexity index is 686. The maximum atomic E-state index is 12.5. The number of nitrogens with one attached hydrogen (secondary N) is 1. The zero-order valence-corrected chi connectivity index (χ0v) is 14.1. The van der Waals surface area contributed by atoms with Crippen LogP contribution in [0.2, 0.25) is 0 Å². The molecular formula is C15H22N4O3S. The number of aromatic nitrogens is 2. The number of hydrogen-bond donors (Lipinski definition) is 1. The molecule has 1 aliphatic carbocycles. The van der Waals surface area contributed by atoms with Gasteiger partial charge in [-0.1, -0.05) is 12.8 Å². The molecular weight excluding hydrogens is 316 g/mol. The summed E-state index contributed by atoms with van der Waals surface area (Å²) >= 11 is 0. The average Bonchev–Trinajstić information content (AvgIpc) is 3.15. The zero-order chi connectivity index (χ0) is 16.4. The van der Waals surface area contributed by atoms with E-state index >= 15 is 0 Å². The lowest BCUT2D eigenvalue weighted by atomic mass is 10.2. The molecule has 2 heterocycles. The third-order valence-electron chi connectivity index (χ3n) is 4.64. The molecule has 1 unspecified atom stereocenters. The fraction of sp³-hybridized carbons (Fsp3) is 0.667. The van der Waals surface area contributed by atoms with E-state index in [1.54, 1.807) is 19.3 Å². The van der Waals surface area contributed by atoms with Gasteiger partial charge in [0.2, 0.25) is 5.95 Å². The van der Waals surface area contributed by atoms with Crippen LogP contribution in [0.1, 0.15) is 42.6 Å². The van der Waals surface area contributed by atoms with Gasteiger partial charge in [0.05, 0.1) is 11.5 Å². The van der Waals surface area contributed by atoms with Gasteiger partial charge in [0.25, 0.3) is 5.91 Å². The highest BCUT2D eigenvalue weighted by molar-refractivity contribution is 7.91. The Morgan fingerprint density at radius 3 is 2.70 bits per heavy atom. The van der Waals surface area contributed by atoms with Crippen LogP contribution in [0.15, 0.2) is 12.3 Å². The first-order valence-corrected chi connectivity index (χ1v) is 9.84. The standard InChI is InChI=1S/C15H22N4O3S/c1-19(12-7-9-23(21,22)10-12)14(20)13-6-8-16-15(18-13)17-11-4-2-3-5-11/h6,8,11-12H,2-5,7,9-10H2,1H3,(H,16,17,18). The smallest absolute Gasteiger partial charge is 0.272 e. The Labute approximate surface area is 136 Å². The van der Waals surface area contributed by atoms with Crippen LogP contribution in [-0.2, 0) is 9.84 Å². The summed E-state index contributed by atoms with van der Waals surface area (Å²) in [4.78, 5) is 22.5. The second-order valence-electron chi connectivity index (χ2n) is 6.36. The summed E-state index contributed by atoms with van der Waals surface area (Å²) in [6.07, 6.45) is 6.66. The predicted molar refractivity (Wildman–Crippen MR) is 87.1 cm³/mol. The Hall–Kier alpha value is -1.70. The minimum absolute atomic E-state index is 0.0352. The van der Waals surface area contributed by atoms with Crippen LogP contribution >= 0.6 is 0 Å². The molecule has 1 saturated carbocycles. The quantitative estimate of drug-likeness (QED) is 0.883. The van der Waals surface area contributed by atoms with Crippen molar-refractivity contribution < 1.29 is 13.2 Å². The van der Waals surface area contributed by atoms with E-state index in [1.165, 1.54) is 17.7 Å². The highest BCUT2D eigenvalue weighted by atomic mass is 32.2. The first-order chi connectivity index (χ1) is 10.9. The van der Waals surface area contributed by atoms with Gasteiger partial charge in [-0.15, -0.1) is 0 Å². The molecule has 1 amide bonds. The monoisotopic (exact) mass is 338 g/mol. The first-order valence-electron chi connectivity index (χ1n) is 8.02. The third-order valence-corrected chi connectivity index (χ3v) is 6.39. The van der Waals surface area contributed by atoms with E-state index in [9.17, 15) is 13.2 Å². The molecule has 1 N–H and O–H groups in total. The van der Waals surface area contributed by atoms with Crippen LogP contribution in [0, 0.1) is 0 Å². The predicted octanol–water partition coefficient (Wildman–Crippen LogP) is 1.09. The maximum absolute atomic E-state index is 12.5. The number of carbonyl (C=O) groups excluding carboxylic acids is 1. The molecule has 0 spiro atoms. The van der Waals surface area contributed by atoms with Gasteiger partial charge in [0, 0.05) is 25.3 Å². The van der Waals surface area contributed by atoms with Crippen molar-refractivity contribution >= 4 is 21.7 Å². The summed E-state index contributed by atoms with van der Waals surface area (Å²) in [5.74, 6) is 0.389. The van der Waals surface area contributed by atoms with Crippen molar-refractivity contribution in [3.8, 4) is 0 Å². The molecule has 1 aromatic heterocycles. The number of carbonyl (C=O) groups is 1. The van der Waals surface area contributed by atoms with Crippen molar-refractivity contribution in [3.63, 3.8) is 0 Å². The van der Waals surface area contributed by atoms with Crippen molar-refractivity contribution in [1.82, 2.24) is 14.9 Å². The van der Waals surface area contributed by atoms with E-state index < -0.39 is 9.84 Å². The molecule has 2 aliphatic rings. The maximum Gasteiger partial charge on any atom is 0.272 e. The molecule has 1 aromatic rings. The number of anilines is 1. The molecule has 1 aliphatic heterocycles. The summed E-state index contributed by atoms with van der Waals surface area (Å²) in [6.45, 7) is 0. The summed E-state index contributed by atoms with van der Waals surface area (Å²) < 4.78 is 23.2. The van der Waals surface area contributed by atoms with Crippen molar-refractivity contribution in [2.75, 3.05) is 23.9 Å². The molecule has 0 radical (unpaired) electrons. The van der Waals surface area contributed by atoms with E-state index in [-0.39, 0.29) is 23.5 Å². The number of nitrogens with zero attached hydrogens (tertiary/aromatic N) is 3. The molecule has 3 rings (SSSR count). The number of rotatable bonds is 4. The molecule has 2 fully saturated rings. The molecule has 7 nitrogen and oxygen atoms in total. The van der Waals surface area contributed by atoms with Gasteiger partial charge in [0.1, 0.15) is 5.69 Å². The van der Waals surface area contributed by atoms with Gasteiger partial charge in [0.15, 0.2) is 9.84 Å². The van der Waals surface area contributed by atoms with E-state index in [2.05, 4.69) is 15.3 Å². The second-order valence-corrected chi connectivity index (χ2v) is 8.59. The summed E-state index contributed by atoms with van der Waals surface area (Å²) in [5.41, 5.74) is 0.298. The molecule has 0 bridgehead atoms. The fourth-order valence-corrected chi connectivity index (χ4v) is 5.00. The van der Waals surface area contributed by atoms with Crippen LogP contribution in [0.4, 0.5) is 5.95 Å². The van der Waals surface area contributed by atoms with E-state index in [0.717, 1.165) is 12.8 Å². The number of amides is 1. The molecule has 126 valence electrons. The van der Waals surface area contributed by atoms with Gasteiger partial charge < -0.3 is 10.2 Å². The van der Waals surface area contributed by atoms with Crippen LogP contribution in [-0.4, -0.2) is 59.8 Å². The minimum atomic E-state index is -3.02. The Morgan fingerprint density at radius 2 is 2.04 bits per heavy atom. The summed E-state index contributed by atoms with van der Waals surface area (Å²) in [6, 6.07) is 1.68. The van der Waals surface area contributed by atoms with Crippen LogP contribution < -0.4 is 5.32 Å². The van der Waals surface area contributed by atoms with Gasteiger partial charge in [-0.3, -0.25) is 4.79 Å². The highest BCUT2D eigenvalue weighted by Crippen LogP contribution is 2.21. The molecule has 1 atom stereocenters. The molecule has 1 saturated heterocycles. The largest absolute Gasteiger partial charge is 0.351 e. The zero-order valence-electron chi connectivity index (χ0n) is 13.2. The topological polar surface area (TPSA) is 92.3 Å². The molecule has 8 heteroatoms. The van der Waals surface area contributed by atoms with Gasteiger partial charge in [-0.05, 0) is 25.3 Å². The van der Waals surface area contributed by atoms with Crippen LogP contribution in [0.3, 0.4) is 0 Å². The van der Waals surface area contributed by atoms with Crippen molar-refractivity contribution in [2.24, 2.45) is 0 Å². The summed E-state index contributed by atoms with van der Waals surface area (Å²) in [7, 11) is -1.38. The van der Waals surface area contributed by atoms with Crippen LogP contribution in [0.5, 0.6) is 0 Å². The Kier molecular flexibility index (Phi) is 4.52. The lowest BCUT2D eigenvalue weighted by Gasteiger charge is -2.23. The lowest BCUT2D eigenvalue weighted by molar-refractivity contribution is 0.0741. The Morgan fingerprint density at radius 1 is 1.30 bits per heavy atom. The van der Waals surface area contributed by atoms with Gasteiger partial charge in [-0.25, -0.2) is 18.4 Å². The SMILES string of the molecule is CN(C(=O)c1ccnc(NC2CCCC2)n1)C1CCS(=O)(=O)C1. The van der Waals surface area contributed by atoms with Gasteiger partial charge in [-0.2, -0.15) is 0 Å². The number of sulfone groups is 1. The third kappa shape index (κ3) is 3.80. The average molecular weight is 338 g/mol. The summed E-state index contributed by atoms with van der Waals surface area (Å²) in [5, 5.41) is 3.27.